The number of aryl methyl sites for hydroxylation is 1. The summed E-state index contributed by atoms with van der Waals surface area (Å²) in [5.41, 5.74) is 11.8. The molecule has 0 radical (unpaired) electrons. The molecular weight excluding hydrogens is 354 g/mol. The molecule has 1 aliphatic heterocycles. The molecule has 0 saturated carbocycles. The third kappa shape index (κ3) is 7.98. The lowest BCUT2D eigenvalue weighted by molar-refractivity contribution is -0.131. The highest BCUT2D eigenvalue weighted by Gasteiger charge is 2.31. The van der Waals surface area contributed by atoms with E-state index in [1.54, 1.807) is 0 Å². The summed E-state index contributed by atoms with van der Waals surface area (Å²) in [5, 5.41) is 2.91. The number of nitrogens with zero attached hydrogens (tertiary/aromatic N) is 2. The van der Waals surface area contributed by atoms with Crippen LogP contribution in [0.2, 0.25) is 0 Å². The summed E-state index contributed by atoms with van der Waals surface area (Å²) < 4.78 is 0. The van der Waals surface area contributed by atoms with E-state index in [2.05, 4.69) is 22.4 Å². The molecule has 1 fully saturated rings. The average molecular weight is 388 g/mol. The van der Waals surface area contributed by atoms with Gasteiger partial charge in [-0.3, -0.25) is 14.6 Å². The zero-order valence-corrected chi connectivity index (χ0v) is 16.6. The number of nitrogens with two attached hydrogens (primary N) is 2. The van der Waals surface area contributed by atoms with Crippen molar-refractivity contribution in [3.8, 4) is 0 Å². The Bertz CT molecular complexity index is 643. The van der Waals surface area contributed by atoms with Gasteiger partial charge in [-0.2, -0.15) is 0 Å². The van der Waals surface area contributed by atoms with Crippen LogP contribution in [0.25, 0.3) is 0 Å². The summed E-state index contributed by atoms with van der Waals surface area (Å²) in [6.45, 7) is 2.62. The van der Waals surface area contributed by atoms with Crippen LogP contribution < -0.4 is 16.8 Å². The molecular formula is C21H33N5O2. The van der Waals surface area contributed by atoms with Gasteiger partial charge in [-0.05, 0) is 37.7 Å². The standard InChI is InChI=1S/C21H33N5O2/c22-21(23)24-13-6-2-5-11-19(27)25-16-18-12-15-26(20(18)28)14-7-10-17-8-3-1-4-9-17/h1,3-4,8-9,18H,2,5-7,10-16H2,(H,25,27)(H4,22,23,24). The van der Waals surface area contributed by atoms with Crippen LogP contribution in [0.4, 0.5) is 0 Å². The van der Waals surface area contributed by atoms with Crippen LogP contribution in [-0.2, 0) is 16.0 Å². The lowest BCUT2D eigenvalue weighted by Gasteiger charge is -2.17. The van der Waals surface area contributed by atoms with Crippen molar-refractivity contribution < 1.29 is 9.59 Å². The number of guanidine groups is 1. The van der Waals surface area contributed by atoms with E-state index in [9.17, 15) is 9.59 Å². The minimum absolute atomic E-state index is 0.0113. The van der Waals surface area contributed by atoms with Gasteiger partial charge >= 0.3 is 0 Å². The van der Waals surface area contributed by atoms with E-state index < -0.39 is 0 Å². The number of carbonyl (C=O) groups is 2. The van der Waals surface area contributed by atoms with E-state index >= 15 is 0 Å². The maximum Gasteiger partial charge on any atom is 0.227 e. The number of amides is 2. The highest BCUT2D eigenvalue weighted by molar-refractivity contribution is 5.82. The Hall–Kier alpha value is -2.57. The first kappa shape index (κ1) is 21.7. The molecule has 1 heterocycles. The minimum Gasteiger partial charge on any atom is -0.370 e. The van der Waals surface area contributed by atoms with Crippen LogP contribution in [0.1, 0.15) is 44.1 Å². The van der Waals surface area contributed by atoms with Crippen LogP contribution in [0.5, 0.6) is 0 Å². The van der Waals surface area contributed by atoms with Crippen LogP contribution in [0.3, 0.4) is 0 Å². The van der Waals surface area contributed by atoms with Crippen LogP contribution in [0, 0.1) is 5.92 Å². The Morgan fingerprint density at radius 2 is 1.93 bits per heavy atom. The summed E-state index contributed by atoms with van der Waals surface area (Å²) in [6, 6.07) is 10.3. The van der Waals surface area contributed by atoms with Crippen molar-refractivity contribution in [2.75, 3.05) is 26.2 Å². The van der Waals surface area contributed by atoms with E-state index in [0.717, 1.165) is 51.6 Å². The van der Waals surface area contributed by atoms with Crippen molar-refractivity contribution in [3.05, 3.63) is 35.9 Å². The smallest absolute Gasteiger partial charge is 0.227 e. The SMILES string of the molecule is NC(N)=NCCCCCC(=O)NCC1CCN(CCCc2ccccc2)C1=O. The number of aliphatic imine (C=N–C) groups is 1. The Labute approximate surface area is 167 Å². The van der Waals surface area contributed by atoms with Crippen molar-refractivity contribution in [2.24, 2.45) is 22.4 Å². The second-order valence-electron chi connectivity index (χ2n) is 7.32. The molecule has 1 saturated heterocycles. The van der Waals surface area contributed by atoms with Gasteiger partial charge in [-0.1, -0.05) is 36.8 Å². The van der Waals surface area contributed by atoms with E-state index in [-0.39, 0.29) is 23.7 Å². The van der Waals surface area contributed by atoms with Crippen molar-refractivity contribution in [3.63, 3.8) is 0 Å². The minimum atomic E-state index is -0.0810. The quantitative estimate of drug-likeness (QED) is 0.286. The molecule has 1 unspecified atom stereocenters. The predicted molar refractivity (Wildman–Crippen MR) is 112 cm³/mol. The largest absolute Gasteiger partial charge is 0.370 e. The number of hydrogen-bond acceptors (Lipinski definition) is 3. The van der Waals surface area contributed by atoms with Crippen LogP contribution >= 0.6 is 0 Å². The van der Waals surface area contributed by atoms with Gasteiger partial charge in [0.1, 0.15) is 0 Å². The molecule has 7 nitrogen and oxygen atoms in total. The number of unbranched alkanes of at least 4 members (excludes halogenated alkanes) is 2. The van der Waals surface area contributed by atoms with Crippen molar-refractivity contribution in [1.82, 2.24) is 10.2 Å². The molecule has 1 aliphatic rings. The number of rotatable bonds is 12. The highest BCUT2D eigenvalue weighted by Crippen LogP contribution is 2.18. The second-order valence-corrected chi connectivity index (χ2v) is 7.32. The van der Waals surface area contributed by atoms with Crippen molar-refractivity contribution in [2.45, 2.75) is 44.9 Å². The van der Waals surface area contributed by atoms with Gasteiger partial charge in [0.05, 0.1) is 5.92 Å². The Morgan fingerprint density at radius 1 is 1.14 bits per heavy atom. The van der Waals surface area contributed by atoms with Crippen LogP contribution in [-0.4, -0.2) is 48.9 Å². The Kier molecular flexibility index (Phi) is 9.31. The molecule has 7 heteroatoms. The summed E-state index contributed by atoms with van der Waals surface area (Å²) in [4.78, 5) is 30.3. The summed E-state index contributed by atoms with van der Waals surface area (Å²) in [6.07, 6.45) is 5.82. The third-order valence-electron chi connectivity index (χ3n) is 5.05. The zero-order chi connectivity index (χ0) is 20.2. The maximum absolute atomic E-state index is 12.5. The summed E-state index contributed by atoms with van der Waals surface area (Å²) in [5.74, 6) is 0.207. The van der Waals surface area contributed by atoms with E-state index in [4.69, 9.17) is 11.5 Å². The number of nitrogens with one attached hydrogen (secondary N) is 1. The summed E-state index contributed by atoms with van der Waals surface area (Å²) in [7, 11) is 0. The molecule has 1 aromatic carbocycles. The van der Waals surface area contributed by atoms with Gasteiger partial charge in [0.25, 0.3) is 0 Å². The Balaban J connectivity index is 1.56. The van der Waals surface area contributed by atoms with Crippen molar-refractivity contribution in [1.29, 1.82) is 0 Å². The monoisotopic (exact) mass is 387 g/mol. The van der Waals surface area contributed by atoms with Gasteiger partial charge < -0.3 is 21.7 Å². The molecule has 0 aliphatic carbocycles. The number of likely N-dealkylation sites (tertiary alicyclic amines) is 1. The fraction of sp³-hybridized carbons (Fsp3) is 0.571. The molecule has 0 spiro atoms. The molecule has 0 aromatic heterocycles. The average Bonchev–Trinajstić information content (AvgIpc) is 3.03. The second kappa shape index (κ2) is 12.0. The lowest BCUT2D eigenvalue weighted by Crippen LogP contribution is -2.35. The first-order valence-electron chi connectivity index (χ1n) is 10.2. The molecule has 1 atom stereocenters. The summed E-state index contributed by atoms with van der Waals surface area (Å²) >= 11 is 0. The molecule has 0 bridgehead atoms. The van der Waals surface area contributed by atoms with E-state index in [1.807, 2.05) is 23.1 Å². The molecule has 154 valence electrons. The van der Waals surface area contributed by atoms with E-state index in [0.29, 0.717) is 19.5 Å². The topological polar surface area (TPSA) is 114 Å². The predicted octanol–water partition coefficient (Wildman–Crippen LogP) is 1.42. The molecule has 2 rings (SSSR count). The first-order chi connectivity index (χ1) is 13.6. The molecule has 2 amide bonds. The van der Waals surface area contributed by atoms with Gasteiger partial charge in [0.15, 0.2) is 5.96 Å². The fourth-order valence-corrected chi connectivity index (χ4v) is 3.44. The number of hydrogen-bond donors (Lipinski definition) is 3. The van der Waals surface area contributed by atoms with E-state index in [1.165, 1.54) is 5.56 Å². The normalized spacial score (nSPS) is 16.2. The van der Waals surface area contributed by atoms with Gasteiger partial charge in [0.2, 0.25) is 11.8 Å². The van der Waals surface area contributed by atoms with Gasteiger partial charge in [-0.15, -0.1) is 0 Å². The molecule has 5 N–H and O–H groups in total. The van der Waals surface area contributed by atoms with Gasteiger partial charge in [0, 0.05) is 32.6 Å². The maximum atomic E-state index is 12.5. The molecule has 28 heavy (non-hydrogen) atoms. The molecule has 1 aromatic rings. The number of benzene rings is 1. The first-order valence-corrected chi connectivity index (χ1v) is 10.2. The van der Waals surface area contributed by atoms with Crippen molar-refractivity contribution >= 4 is 17.8 Å². The fourth-order valence-electron chi connectivity index (χ4n) is 3.44. The van der Waals surface area contributed by atoms with Crippen LogP contribution in [0.15, 0.2) is 35.3 Å². The zero-order valence-electron chi connectivity index (χ0n) is 16.6. The van der Waals surface area contributed by atoms with Gasteiger partial charge in [-0.25, -0.2) is 0 Å². The highest BCUT2D eigenvalue weighted by atomic mass is 16.2. The Morgan fingerprint density at radius 3 is 2.68 bits per heavy atom. The third-order valence-corrected chi connectivity index (χ3v) is 5.05. The lowest BCUT2D eigenvalue weighted by atomic mass is 10.1. The number of carbonyl (C=O) groups excluding carboxylic acids is 2.